The third-order valence-corrected chi connectivity index (χ3v) is 4.71. The Morgan fingerprint density at radius 3 is 2.90 bits per heavy atom. The quantitative estimate of drug-likeness (QED) is 0.683. The third-order valence-electron chi connectivity index (χ3n) is 4.71. The maximum atomic E-state index is 11.5. The second-order valence-electron chi connectivity index (χ2n) is 5.97. The number of nitrogens with zero attached hydrogens (tertiary/aromatic N) is 3. The van der Waals surface area contributed by atoms with Crippen LogP contribution in [-0.4, -0.2) is 48.6 Å². The van der Waals surface area contributed by atoms with Crippen molar-refractivity contribution in [2.24, 2.45) is 0 Å². The van der Waals surface area contributed by atoms with Crippen LogP contribution in [-0.2, 0) is 0 Å². The molecule has 2 aliphatic rings. The highest BCUT2D eigenvalue weighted by atomic mass is 16.6. The Bertz CT molecular complexity index is 548. The minimum absolute atomic E-state index is 0.193. The molecule has 2 atom stereocenters. The third kappa shape index (κ3) is 2.44. The molecule has 1 aromatic carbocycles. The van der Waals surface area contributed by atoms with Crippen molar-refractivity contribution >= 4 is 17.1 Å². The van der Waals surface area contributed by atoms with E-state index in [1.165, 1.54) is 19.4 Å². The van der Waals surface area contributed by atoms with Gasteiger partial charge >= 0.3 is 5.69 Å². The number of anilines is 2. The van der Waals surface area contributed by atoms with Crippen LogP contribution in [0.3, 0.4) is 0 Å². The zero-order valence-electron chi connectivity index (χ0n) is 12.6. The monoisotopic (exact) mass is 290 g/mol. The van der Waals surface area contributed by atoms with Crippen LogP contribution in [0.5, 0.6) is 0 Å². The molecule has 2 heterocycles. The van der Waals surface area contributed by atoms with Crippen LogP contribution in [0, 0.1) is 10.1 Å². The van der Waals surface area contributed by atoms with Crippen molar-refractivity contribution in [3.8, 4) is 0 Å². The van der Waals surface area contributed by atoms with Gasteiger partial charge in [0.15, 0.2) is 0 Å². The molecule has 0 bridgehead atoms. The number of hydrogen-bond acceptors (Lipinski definition) is 5. The lowest BCUT2D eigenvalue weighted by atomic mass is 10.1. The molecule has 3 rings (SSSR count). The molecule has 21 heavy (non-hydrogen) atoms. The molecule has 0 saturated carbocycles. The molecule has 2 aliphatic heterocycles. The lowest BCUT2D eigenvalue weighted by Gasteiger charge is -2.43. The van der Waals surface area contributed by atoms with Gasteiger partial charge in [-0.25, -0.2) is 0 Å². The molecule has 2 saturated heterocycles. The predicted molar refractivity (Wildman–Crippen MR) is 84.0 cm³/mol. The Hall–Kier alpha value is -1.82. The molecule has 2 unspecified atom stereocenters. The van der Waals surface area contributed by atoms with Gasteiger partial charge in [0.25, 0.3) is 0 Å². The molecule has 1 N–H and O–H groups in total. The van der Waals surface area contributed by atoms with E-state index in [-0.39, 0.29) is 10.6 Å². The van der Waals surface area contributed by atoms with E-state index in [0.29, 0.717) is 17.8 Å². The lowest BCUT2D eigenvalue weighted by Crippen LogP contribution is -2.55. The number of nitrogens with one attached hydrogen (secondary N) is 1. The minimum atomic E-state index is -0.269. The van der Waals surface area contributed by atoms with Crippen molar-refractivity contribution in [1.29, 1.82) is 0 Å². The van der Waals surface area contributed by atoms with Crippen LogP contribution in [0.1, 0.15) is 19.8 Å². The zero-order valence-corrected chi connectivity index (χ0v) is 12.6. The van der Waals surface area contributed by atoms with Crippen LogP contribution in [0.2, 0.25) is 0 Å². The van der Waals surface area contributed by atoms with Crippen LogP contribution < -0.4 is 10.2 Å². The van der Waals surface area contributed by atoms with E-state index in [1.54, 1.807) is 13.1 Å². The summed E-state index contributed by atoms with van der Waals surface area (Å²) in [4.78, 5) is 16.0. The standard InChI is InChI=1S/C15H22N4O2/c1-11-9-17-8-4-5-12(17)10-18(11)14-7-3-6-13(16-2)15(14)19(20)21/h3,6-7,11-12,16H,4-5,8-10H2,1-2H3. The molecule has 1 aromatic rings. The summed E-state index contributed by atoms with van der Waals surface area (Å²) in [5.74, 6) is 0. The van der Waals surface area contributed by atoms with Gasteiger partial charge < -0.3 is 10.2 Å². The van der Waals surface area contributed by atoms with E-state index in [0.717, 1.165) is 18.8 Å². The summed E-state index contributed by atoms with van der Waals surface area (Å²) in [7, 11) is 1.73. The van der Waals surface area contributed by atoms with Gasteiger partial charge in [-0.2, -0.15) is 0 Å². The normalized spacial score (nSPS) is 25.7. The summed E-state index contributed by atoms with van der Waals surface area (Å²) in [6, 6.07) is 6.37. The molecule has 0 aromatic heterocycles. The first kappa shape index (κ1) is 14.1. The predicted octanol–water partition coefficient (Wildman–Crippen LogP) is 2.31. The van der Waals surface area contributed by atoms with Crippen LogP contribution in [0.15, 0.2) is 18.2 Å². The van der Waals surface area contributed by atoms with Gasteiger partial charge in [-0.3, -0.25) is 15.0 Å². The lowest BCUT2D eigenvalue weighted by molar-refractivity contribution is -0.383. The number of benzene rings is 1. The minimum Gasteiger partial charge on any atom is -0.382 e. The molecular formula is C15H22N4O2. The Morgan fingerprint density at radius 1 is 1.38 bits per heavy atom. The fraction of sp³-hybridized carbons (Fsp3) is 0.600. The number of fused-ring (bicyclic) bond motifs is 1. The van der Waals surface area contributed by atoms with E-state index in [9.17, 15) is 10.1 Å². The van der Waals surface area contributed by atoms with E-state index in [1.807, 2.05) is 12.1 Å². The van der Waals surface area contributed by atoms with Crippen molar-refractivity contribution in [3.63, 3.8) is 0 Å². The highest BCUT2D eigenvalue weighted by Crippen LogP contribution is 2.38. The molecule has 6 heteroatoms. The highest BCUT2D eigenvalue weighted by Gasteiger charge is 2.37. The summed E-state index contributed by atoms with van der Waals surface area (Å²) in [6.45, 7) is 5.20. The summed E-state index contributed by atoms with van der Waals surface area (Å²) >= 11 is 0. The maximum absolute atomic E-state index is 11.5. The van der Waals surface area contributed by atoms with Crippen molar-refractivity contribution in [1.82, 2.24) is 4.90 Å². The van der Waals surface area contributed by atoms with E-state index >= 15 is 0 Å². The Balaban J connectivity index is 1.97. The second-order valence-corrected chi connectivity index (χ2v) is 5.97. The van der Waals surface area contributed by atoms with Gasteiger partial charge in [0.2, 0.25) is 0 Å². The molecule has 2 fully saturated rings. The summed E-state index contributed by atoms with van der Waals surface area (Å²) in [6.07, 6.45) is 2.44. The average molecular weight is 290 g/mol. The van der Waals surface area contributed by atoms with Gasteiger partial charge in [0.05, 0.1) is 4.92 Å². The molecule has 6 nitrogen and oxygen atoms in total. The largest absolute Gasteiger partial charge is 0.382 e. The fourth-order valence-corrected chi connectivity index (χ4v) is 3.68. The van der Waals surface area contributed by atoms with Gasteiger partial charge in [0.1, 0.15) is 11.4 Å². The first-order valence-electron chi connectivity index (χ1n) is 7.57. The van der Waals surface area contributed by atoms with Gasteiger partial charge in [-0.15, -0.1) is 0 Å². The number of nitro benzene ring substituents is 1. The molecule has 0 amide bonds. The number of para-hydroxylation sites is 1. The van der Waals surface area contributed by atoms with E-state index in [4.69, 9.17) is 0 Å². The second kappa shape index (κ2) is 5.52. The van der Waals surface area contributed by atoms with Crippen LogP contribution in [0.25, 0.3) is 0 Å². The van der Waals surface area contributed by atoms with Gasteiger partial charge in [-0.05, 0) is 38.4 Å². The molecule has 0 spiro atoms. The summed E-state index contributed by atoms with van der Waals surface area (Å²) < 4.78 is 0. The molecule has 0 aliphatic carbocycles. The van der Waals surface area contributed by atoms with E-state index in [2.05, 4.69) is 22.0 Å². The number of rotatable bonds is 3. The van der Waals surface area contributed by atoms with Crippen molar-refractivity contribution < 1.29 is 4.92 Å². The smallest absolute Gasteiger partial charge is 0.315 e. The van der Waals surface area contributed by atoms with E-state index < -0.39 is 0 Å². The zero-order chi connectivity index (χ0) is 15.0. The Labute approximate surface area is 124 Å². The average Bonchev–Trinajstić information content (AvgIpc) is 2.92. The molecular weight excluding hydrogens is 268 g/mol. The summed E-state index contributed by atoms with van der Waals surface area (Å²) in [5, 5.41) is 14.4. The van der Waals surface area contributed by atoms with Gasteiger partial charge in [0, 0.05) is 32.2 Å². The van der Waals surface area contributed by atoms with Crippen molar-refractivity contribution in [3.05, 3.63) is 28.3 Å². The molecule has 0 radical (unpaired) electrons. The number of hydrogen-bond donors (Lipinski definition) is 1. The number of piperazine rings is 1. The highest BCUT2D eigenvalue weighted by molar-refractivity contribution is 5.77. The van der Waals surface area contributed by atoms with Crippen LogP contribution >= 0.6 is 0 Å². The maximum Gasteiger partial charge on any atom is 0.315 e. The Morgan fingerprint density at radius 2 is 2.19 bits per heavy atom. The van der Waals surface area contributed by atoms with Crippen molar-refractivity contribution in [2.75, 3.05) is 36.9 Å². The summed E-state index contributed by atoms with van der Waals surface area (Å²) in [5.41, 5.74) is 1.52. The molecule has 114 valence electrons. The topological polar surface area (TPSA) is 61.6 Å². The Kier molecular flexibility index (Phi) is 3.71. The number of nitro groups is 1. The first-order chi connectivity index (χ1) is 10.1. The van der Waals surface area contributed by atoms with Crippen molar-refractivity contribution in [2.45, 2.75) is 31.8 Å². The fourth-order valence-electron chi connectivity index (χ4n) is 3.68. The van der Waals surface area contributed by atoms with Crippen LogP contribution in [0.4, 0.5) is 17.1 Å². The SMILES string of the molecule is CNc1cccc(N2CC3CCCN3CC2C)c1[N+](=O)[O-]. The van der Waals surface area contributed by atoms with Gasteiger partial charge in [-0.1, -0.05) is 6.07 Å². The first-order valence-corrected chi connectivity index (χ1v) is 7.57.